The van der Waals surface area contributed by atoms with Crippen molar-refractivity contribution in [1.29, 1.82) is 0 Å². The maximum atomic E-state index is 5.82. The van der Waals surface area contributed by atoms with Gasteiger partial charge >= 0.3 is 0 Å². The van der Waals surface area contributed by atoms with Gasteiger partial charge in [-0.05, 0) is 24.4 Å². The second kappa shape index (κ2) is 5.31. The third-order valence-electron chi connectivity index (χ3n) is 2.49. The molecule has 0 fully saturated rings. The van der Waals surface area contributed by atoms with Crippen molar-refractivity contribution in [3.05, 3.63) is 17.0 Å². The van der Waals surface area contributed by atoms with Crippen LogP contribution in [-0.2, 0) is 0 Å². The van der Waals surface area contributed by atoms with Crippen molar-refractivity contribution in [1.82, 2.24) is 9.97 Å². The van der Waals surface area contributed by atoms with Gasteiger partial charge in [-0.3, -0.25) is 0 Å². The van der Waals surface area contributed by atoms with Crippen LogP contribution >= 0.6 is 11.6 Å². The van der Waals surface area contributed by atoms with Gasteiger partial charge in [-0.2, -0.15) is 0 Å². The Kier molecular flexibility index (Phi) is 4.33. The van der Waals surface area contributed by atoms with Crippen LogP contribution < -0.4 is 4.90 Å². The Balaban J connectivity index is 2.77. The number of halogens is 1. The molecule has 0 saturated heterocycles. The lowest BCUT2D eigenvalue weighted by atomic mass is 10.1. The molecule has 0 spiro atoms. The normalized spacial score (nSPS) is 12.6. The Bertz CT molecular complexity index is 307. The van der Waals surface area contributed by atoms with Gasteiger partial charge in [0.2, 0.25) is 5.28 Å². The first-order valence-corrected chi connectivity index (χ1v) is 5.63. The molecule has 0 N–H and O–H groups in total. The van der Waals surface area contributed by atoms with Crippen molar-refractivity contribution in [3.63, 3.8) is 0 Å². The summed E-state index contributed by atoms with van der Waals surface area (Å²) in [6.45, 7) is 7.33. The highest BCUT2D eigenvalue weighted by molar-refractivity contribution is 6.28. The standard InChI is InChI=1S/C11H18ClN3/c1-5-8(2)7-15(4)10-6-9(3)13-11(12)14-10/h6,8H,5,7H2,1-4H3. The van der Waals surface area contributed by atoms with Gasteiger partial charge in [-0.1, -0.05) is 20.3 Å². The van der Waals surface area contributed by atoms with E-state index >= 15 is 0 Å². The lowest BCUT2D eigenvalue weighted by molar-refractivity contribution is 0.557. The third kappa shape index (κ3) is 3.67. The molecule has 0 aromatic carbocycles. The third-order valence-corrected chi connectivity index (χ3v) is 2.66. The highest BCUT2D eigenvalue weighted by Crippen LogP contribution is 2.15. The quantitative estimate of drug-likeness (QED) is 0.741. The topological polar surface area (TPSA) is 29.0 Å². The molecule has 1 aromatic rings. The van der Waals surface area contributed by atoms with Gasteiger partial charge in [0, 0.05) is 25.4 Å². The van der Waals surface area contributed by atoms with Gasteiger partial charge < -0.3 is 4.90 Å². The summed E-state index contributed by atoms with van der Waals surface area (Å²) in [5.74, 6) is 1.55. The largest absolute Gasteiger partial charge is 0.359 e. The molecule has 84 valence electrons. The second-order valence-electron chi connectivity index (χ2n) is 4.03. The van der Waals surface area contributed by atoms with Crippen molar-refractivity contribution in [3.8, 4) is 0 Å². The van der Waals surface area contributed by atoms with E-state index in [0.717, 1.165) is 18.1 Å². The van der Waals surface area contributed by atoms with Crippen molar-refractivity contribution < 1.29 is 0 Å². The van der Waals surface area contributed by atoms with E-state index in [4.69, 9.17) is 11.6 Å². The Morgan fingerprint density at radius 3 is 2.67 bits per heavy atom. The molecule has 1 atom stereocenters. The number of anilines is 1. The van der Waals surface area contributed by atoms with Gasteiger partial charge in [0.1, 0.15) is 5.82 Å². The summed E-state index contributed by atoms with van der Waals surface area (Å²) in [5.41, 5.74) is 0.904. The Labute approximate surface area is 96.5 Å². The Morgan fingerprint density at radius 2 is 2.13 bits per heavy atom. The van der Waals surface area contributed by atoms with Crippen LogP contribution in [0.15, 0.2) is 6.07 Å². The van der Waals surface area contributed by atoms with Gasteiger partial charge in [-0.25, -0.2) is 9.97 Å². The molecule has 3 nitrogen and oxygen atoms in total. The minimum absolute atomic E-state index is 0.320. The maximum absolute atomic E-state index is 5.82. The molecule has 1 unspecified atom stereocenters. The molecule has 0 aliphatic carbocycles. The SMILES string of the molecule is CCC(C)CN(C)c1cc(C)nc(Cl)n1. The molecule has 0 saturated carbocycles. The van der Waals surface area contributed by atoms with Gasteiger partial charge in [0.05, 0.1) is 0 Å². The predicted octanol–water partition coefficient (Wildman–Crippen LogP) is 2.92. The van der Waals surface area contributed by atoms with Crippen molar-refractivity contribution in [2.45, 2.75) is 27.2 Å². The molecule has 1 rings (SSSR count). The second-order valence-corrected chi connectivity index (χ2v) is 4.37. The molecule has 4 heteroatoms. The lowest BCUT2D eigenvalue weighted by Crippen LogP contribution is -2.24. The summed E-state index contributed by atoms with van der Waals surface area (Å²) >= 11 is 5.82. The van der Waals surface area contributed by atoms with E-state index in [9.17, 15) is 0 Å². The monoisotopic (exact) mass is 227 g/mol. The molecule has 15 heavy (non-hydrogen) atoms. The number of hydrogen-bond donors (Lipinski definition) is 0. The number of aromatic nitrogens is 2. The van der Waals surface area contributed by atoms with E-state index in [-0.39, 0.29) is 0 Å². The Morgan fingerprint density at radius 1 is 1.47 bits per heavy atom. The number of rotatable bonds is 4. The summed E-state index contributed by atoms with van der Waals surface area (Å²) in [5, 5.41) is 0.320. The van der Waals surface area contributed by atoms with Crippen LogP contribution in [0.1, 0.15) is 26.0 Å². The van der Waals surface area contributed by atoms with Crippen LogP contribution in [0.2, 0.25) is 5.28 Å². The molecule has 0 bridgehead atoms. The average Bonchev–Trinajstić information content (AvgIpc) is 2.16. The lowest BCUT2D eigenvalue weighted by Gasteiger charge is -2.21. The van der Waals surface area contributed by atoms with E-state index in [1.54, 1.807) is 0 Å². The zero-order valence-electron chi connectivity index (χ0n) is 9.79. The zero-order chi connectivity index (χ0) is 11.4. The number of hydrogen-bond acceptors (Lipinski definition) is 3. The van der Waals surface area contributed by atoms with E-state index in [0.29, 0.717) is 11.2 Å². The van der Waals surface area contributed by atoms with Gasteiger partial charge in [-0.15, -0.1) is 0 Å². The van der Waals surface area contributed by atoms with E-state index < -0.39 is 0 Å². The summed E-state index contributed by atoms with van der Waals surface area (Å²) in [4.78, 5) is 10.4. The predicted molar refractivity (Wildman–Crippen MR) is 64.5 cm³/mol. The molecule has 1 heterocycles. The minimum Gasteiger partial charge on any atom is -0.359 e. The fourth-order valence-electron chi connectivity index (χ4n) is 1.40. The van der Waals surface area contributed by atoms with Crippen molar-refractivity contribution in [2.24, 2.45) is 5.92 Å². The van der Waals surface area contributed by atoms with Crippen molar-refractivity contribution >= 4 is 17.4 Å². The van der Waals surface area contributed by atoms with E-state index in [1.165, 1.54) is 6.42 Å². The molecular formula is C11H18ClN3. The first-order chi connectivity index (χ1) is 7.02. The van der Waals surface area contributed by atoms with Crippen LogP contribution in [0.5, 0.6) is 0 Å². The first kappa shape index (κ1) is 12.2. The molecular weight excluding hydrogens is 210 g/mol. The molecule has 0 amide bonds. The number of nitrogens with zero attached hydrogens (tertiary/aromatic N) is 3. The summed E-state index contributed by atoms with van der Waals surface area (Å²) in [6.07, 6.45) is 1.17. The summed E-state index contributed by atoms with van der Waals surface area (Å²) < 4.78 is 0. The Hall–Kier alpha value is -0.830. The molecule has 0 radical (unpaired) electrons. The minimum atomic E-state index is 0.320. The van der Waals surface area contributed by atoms with Crippen LogP contribution in [-0.4, -0.2) is 23.6 Å². The maximum Gasteiger partial charge on any atom is 0.224 e. The summed E-state index contributed by atoms with van der Waals surface area (Å²) in [7, 11) is 2.03. The van der Waals surface area contributed by atoms with Gasteiger partial charge in [0.15, 0.2) is 0 Å². The average molecular weight is 228 g/mol. The zero-order valence-corrected chi connectivity index (χ0v) is 10.5. The van der Waals surface area contributed by atoms with Crippen molar-refractivity contribution in [2.75, 3.05) is 18.5 Å². The highest BCUT2D eigenvalue weighted by atomic mass is 35.5. The fourth-order valence-corrected chi connectivity index (χ4v) is 1.62. The van der Waals surface area contributed by atoms with Crippen LogP contribution in [0.25, 0.3) is 0 Å². The first-order valence-electron chi connectivity index (χ1n) is 5.25. The molecule has 0 aliphatic rings. The number of aryl methyl sites for hydroxylation is 1. The smallest absolute Gasteiger partial charge is 0.224 e. The molecule has 1 aromatic heterocycles. The highest BCUT2D eigenvalue weighted by Gasteiger charge is 2.08. The van der Waals surface area contributed by atoms with E-state index in [1.807, 2.05) is 20.0 Å². The van der Waals surface area contributed by atoms with E-state index in [2.05, 4.69) is 28.7 Å². The van der Waals surface area contributed by atoms with Crippen LogP contribution in [0.4, 0.5) is 5.82 Å². The molecule has 0 aliphatic heterocycles. The summed E-state index contributed by atoms with van der Waals surface area (Å²) in [6, 6.07) is 1.95. The van der Waals surface area contributed by atoms with Crippen LogP contribution in [0, 0.1) is 12.8 Å². The fraction of sp³-hybridized carbons (Fsp3) is 0.636. The van der Waals surface area contributed by atoms with Gasteiger partial charge in [0.25, 0.3) is 0 Å². The van der Waals surface area contributed by atoms with Crippen LogP contribution in [0.3, 0.4) is 0 Å².